The van der Waals surface area contributed by atoms with Gasteiger partial charge in [0.2, 0.25) is 15.9 Å². The van der Waals surface area contributed by atoms with Gasteiger partial charge in [-0.1, -0.05) is 31.4 Å². The van der Waals surface area contributed by atoms with Crippen LogP contribution in [0.3, 0.4) is 0 Å². The van der Waals surface area contributed by atoms with Crippen LogP contribution in [0.5, 0.6) is 5.75 Å². The number of fused-ring (bicyclic) bond motifs is 5. The van der Waals surface area contributed by atoms with Gasteiger partial charge in [0.05, 0.1) is 66.4 Å². The second-order valence-electron chi connectivity index (χ2n) is 16.4. The number of rotatable bonds is 9. The van der Waals surface area contributed by atoms with Crippen molar-refractivity contribution < 1.29 is 27.5 Å². The third-order valence-electron chi connectivity index (χ3n) is 11.8. The summed E-state index contributed by atoms with van der Waals surface area (Å²) in [6.07, 6.45) is 12.7. The van der Waals surface area contributed by atoms with Crippen molar-refractivity contribution in [3.05, 3.63) is 94.6 Å². The zero-order chi connectivity index (χ0) is 40.9. The van der Waals surface area contributed by atoms with Crippen LogP contribution in [-0.2, 0) is 32.5 Å². The van der Waals surface area contributed by atoms with E-state index < -0.39 is 21.2 Å². The number of aryl methyl sites for hydroxylation is 1. The number of morpholine rings is 1. The SMILES string of the molecule is COc1ccc2c(c1)C=C(c1c(C(=O)N3C[C@@H](C)O[C@@H](C)C3)cnn1-c1ccncc1C)Cn1c-2c(C2CCCCC2)c2ccc(CC(=O)NS(=O)(=O)C(C)C)cc21. The minimum Gasteiger partial charge on any atom is -0.497 e. The molecule has 2 aliphatic heterocycles. The minimum absolute atomic E-state index is 0.0964. The lowest BCUT2D eigenvalue weighted by molar-refractivity contribution is -0.118. The van der Waals surface area contributed by atoms with Crippen LogP contribution in [0.4, 0.5) is 0 Å². The van der Waals surface area contributed by atoms with Gasteiger partial charge in [-0.2, -0.15) is 5.10 Å². The van der Waals surface area contributed by atoms with E-state index in [4.69, 9.17) is 14.6 Å². The van der Waals surface area contributed by atoms with Crippen molar-refractivity contribution >= 4 is 44.4 Å². The normalized spacial score (nSPS) is 18.7. The van der Waals surface area contributed by atoms with Crippen molar-refractivity contribution in [1.82, 2.24) is 29.0 Å². The molecular weight excluding hydrogens is 753 g/mol. The van der Waals surface area contributed by atoms with Gasteiger partial charge in [-0.25, -0.2) is 13.1 Å². The molecule has 5 aromatic rings. The molecule has 1 N–H and O–H groups in total. The fourth-order valence-corrected chi connectivity index (χ4v) is 9.68. The van der Waals surface area contributed by atoms with Crippen molar-refractivity contribution in [3.63, 3.8) is 0 Å². The zero-order valence-corrected chi connectivity index (χ0v) is 34.9. The molecule has 1 saturated carbocycles. The second-order valence-corrected chi connectivity index (χ2v) is 18.6. The van der Waals surface area contributed by atoms with Crippen LogP contribution in [0.2, 0.25) is 0 Å². The number of amides is 2. The van der Waals surface area contributed by atoms with Crippen LogP contribution < -0.4 is 9.46 Å². The van der Waals surface area contributed by atoms with E-state index in [2.05, 4.69) is 38.5 Å². The Bertz CT molecular complexity index is 2540. The number of sulfonamides is 1. The Kier molecular flexibility index (Phi) is 10.8. The molecule has 3 aromatic heterocycles. The number of methoxy groups -OCH3 is 1. The molecule has 13 heteroatoms. The number of allylic oxidation sites excluding steroid dienone is 1. The van der Waals surface area contributed by atoms with Gasteiger partial charge in [0, 0.05) is 41.9 Å². The molecular formula is C45H52N6O6S. The second kappa shape index (κ2) is 15.8. The van der Waals surface area contributed by atoms with Gasteiger partial charge in [-0.15, -0.1) is 0 Å². The molecule has 2 atom stereocenters. The summed E-state index contributed by atoms with van der Waals surface area (Å²) in [6.45, 7) is 10.4. The number of nitrogens with one attached hydrogen (secondary N) is 1. The number of pyridine rings is 1. The van der Waals surface area contributed by atoms with Crippen molar-refractivity contribution in [3.8, 4) is 22.7 Å². The summed E-state index contributed by atoms with van der Waals surface area (Å²) in [5.41, 5.74) is 9.79. The molecule has 304 valence electrons. The number of carbonyl (C=O) groups is 2. The molecule has 0 unspecified atom stereocenters. The molecule has 0 bridgehead atoms. The Balaban J connectivity index is 1.36. The standard InChI is InChI=1S/C45H52N6O6S/c1-27(2)58(54,55)48-41(52)19-31-12-14-37-40(18-31)50-26-34(20-33-21-35(56-6)13-15-36(33)44(50)42(37)32-10-8-7-9-11-32)43-38(45(53)49-24-29(4)57-30(5)25-49)23-47-51(43)39-16-17-46-22-28(39)3/h12-18,20-23,27,29-30,32H,7-11,19,24-26H2,1-6H3,(H,48,52)/t29-,30+. The van der Waals surface area contributed by atoms with Gasteiger partial charge in [-0.3, -0.25) is 19.3 Å². The fraction of sp³-hybridized carbons (Fsp3) is 0.422. The molecule has 0 radical (unpaired) electrons. The molecule has 0 spiro atoms. The van der Waals surface area contributed by atoms with Gasteiger partial charge >= 0.3 is 0 Å². The smallest absolute Gasteiger partial charge is 0.257 e. The Hall–Kier alpha value is -5.27. The first-order valence-electron chi connectivity index (χ1n) is 20.4. The maximum absolute atomic E-state index is 14.7. The van der Waals surface area contributed by atoms with Crippen LogP contribution in [0.15, 0.2) is 61.1 Å². The van der Waals surface area contributed by atoms with E-state index in [1.165, 1.54) is 12.0 Å². The average Bonchev–Trinajstić information content (AvgIpc) is 3.71. The van der Waals surface area contributed by atoms with E-state index in [-0.39, 0.29) is 24.5 Å². The third-order valence-corrected chi connectivity index (χ3v) is 13.6. The highest BCUT2D eigenvalue weighted by Crippen LogP contribution is 2.48. The number of ether oxygens (including phenoxy) is 2. The van der Waals surface area contributed by atoms with E-state index in [0.29, 0.717) is 48.1 Å². The van der Waals surface area contributed by atoms with Gasteiger partial charge in [0.1, 0.15) is 5.75 Å². The molecule has 12 nitrogen and oxygen atoms in total. The summed E-state index contributed by atoms with van der Waals surface area (Å²) in [5, 5.41) is 5.29. The lowest BCUT2D eigenvalue weighted by atomic mass is 9.81. The lowest BCUT2D eigenvalue weighted by Gasteiger charge is -2.35. The Morgan fingerprint density at radius 3 is 2.45 bits per heavy atom. The number of hydrogen-bond donors (Lipinski definition) is 1. The van der Waals surface area contributed by atoms with Gasteiger partial charge in [0.25, 0.3) is 5.91 Å². The molecule has 2 fully saturated rings. The van der Waals surface area contributed by atoms with Gasteiger partial charge in [-0.05, 0) is 118 Å². The van der Waals surface area contributed by atoms with Crippen LogP contribution >= 0.6 is 0 Å². The zero-order valence-electron chi connectivity index (χ0n) is 34.1. The Labute approximate surface area is 340 Å². The molecule has 1 saturated heterocycles. The summed E-state index contributed by atoms with van der Waals surface area (Å²) < 4.78 is 43.5. The largest absolute Gasteiger partial charge is 0.497 e. The molecule has 2 amide bonds. The van der Waals surface area contributed by atoms with Crippen molar-refractivity contribution in [2.75, 3.05) is 20.2 Å². The average molecular weight is 805 g/mol. The van der Waals surface area contributed by atoms with Crippen LogP contribution in [0.25, 0.3) is 39.5 Å². The quantitative estimate of drug-likeness (QED) is 0.162. The van der Waals surface area contributed by atoms with Crippen molar-refractivity contribution in [2.45, 2.75) is 103 Å². The van der Waals surface area contributed by atoms with Crippen molar-refractivity contribution in [2.24, 2.45) is 0 Å². The van der Waals surface area contributed by atoms with E-state index in [0.717, 1.165) is 70.2 Å². The lowest BCUT2D eigenvalue weighted by Crippen LogP contribution is -2.48. The van der Waals surface area contributed by atoms with E-state index in [9.17, 15) is 18.0 Å². The Morgan fingerprint density at radius 1 is 0.983 bits per heavy atom. The van der Waals surface area contributed by atoms with E-state index >= 15 is 0 Å². The molecule has 58 heavy (non-hydrogen) atoms. The van der Waals surface area contributed by atoms with Crippen LogP contribution in [0, 0.1) is 6.92 Å². The summed E-state index contributed by atoms with van der Waals surface area (Å²) in [6, 6.07) is 14.2. The number of carbonyl (C=O) groups excluding carboxylic acids is 2. The van der Waals surface area contributed by atoms with E-state index in [1.54, 1.807) is 39.5 Å². The first kappa shape index (κ1) is 39.6. The van der Waals surface area contributed by atoms with Crippen LogP contribution in [0.1, 0.15) is 104 Å². The third kappa shape index (κ3) is 7.45. The Morgan fingerprint density at radius 2 is 1.74 bits per heavy atom. The highest BCUT2D eigenvalue weighted by atomic mass is 32.2. The highest BCUT2D eigenvalue weighted by Gasteiger charge is 2.34. The molecule has 1 aliphatic carbocycles. The molecule has 5 heterocycles. The maximum atomic E-state index is 14.7. The summed E-state index contributed by atoms with van der Waals surface area (Å²) in [4.78, 5) is 34.2. The first-order valence-corrected chi connectivity index (χ1v) is 21.9. The predicted octanol–water partition coefficient (Wildman–Crippen LogP) is 7.45. The van der Waals surface area contributed by atoms with Gasteiger partial charge < -0.3 is 18.9 Å². The molecule has 3 aliphatic rings. The summed E-state index contributed by atoms with van der Waals surface area (Å²) in [5.74, 6) is 0.347. The number of benzene rings is 2. The summed E-state index contributed by atoms with van der Waals surface area (Å²) >= 11 is 0. The first-order chi connectivity index (χ1) is 27.8. The van der Waals surface area contributed by atoms with Crippen LogP contribution in [-0.4, -0.2) is 82.1 Å². The number of hydrogen-bond acceptors (Lipinski definition) is 8. The number of aromatic nitrogens is 4. The highest BCUT2D eigenvalue weighted by molar-refractivity contribution is 7.90. The van der Waals surface area contributed by atoms with Gasteiger partial charge in [0.15, 0.2) is 0 Å². The maximum Gasteiger partial charge on any atom is 0.257 e. The number of nitrogens with zero attached hydrogens (tertiary/aromatic N) is 5. The predicted molar refractivity (Wildman–Crippen MR) is 226 cm³/mol. The summed E-state index contributed by atoms with van der Waals surface area (Å²) in [7, 11) is -2.12. The monoisotopic (exact) mass is 804 g/mol. The minimum atomic E-state index is -3.79. The molecule has 2 aromatic carbocycles. The fourth-order valence-electron chi connectivity index (χ4n) is 9.05. The topological polar surface area (TPSA) is 138 Å². The van der Waals surface area contributed by atoms with Crippen molar-refractivity contribution in [1.29, 1.82) is 0 Å². The van der Waals surface area contributed by atoms with E-state index in [1.807, 2.05) is 54.6 Å². The molecule has 8 rings (SSSR count).